The van der Waals surface area contributed by atoms with Crippen molar-refractivity contribution in [2.24, 2.45) is 0 Å². The van der Waals surface area contributed by atoms with Crippen molar-refractivity contribution in [1.29, 1.82) is 4.78 Å². The molecule has 9 nitrogen and oxygen atoms in total. The van der Waals surface area contributed by atoms with Gasteiger partial charge in [0, 0.05) is 21.2 Å². The van der Waals surface area contributed by atoms with Crippen molar-refractivity contribution in [2.75, 3.05) is 23.0 Å². The lowest BCUT2D eigenvalue weighted by Crippen LogP contribution is -2.26. The Kier molecular flexibility index (Phi) is 5.37. The fraction of sp³-hybridized carbons (Fsp3) is 0.450. The Bertz CT molecular complexity index is 1100. The Morgan fingerprint density at radius 1 is 1.33 bits per heavy atom. The molecule has 2 unspecified atom stereocenters. The summed E-state index contributed by atoms with van der Waals surface area (Å²) in [7, 11) is -2.48. The topological polar surface area (TPSA) is 121 Å². The van der Waals surface area contributed by atoms with Gasteiger partial charge in [-0.3, -0.25) is 9.68 Å². The zero-order chi connectivity index (χ0) is 21.5. The van der Waals surface area contributed by atoms with E-state index >= 15 is 0 Å². The lowest BCUT2D eigenvalue weighted by Gasteiger charge is -2.22. The molecule has 2 atom stereocenters. The van der Waals surface area contributed by atoms with Crippen LogP contribution in [0.25, 0.3) is 5.57 Å². The van der Waals surface area contributed by atoms with Crippen LogP contribution in [0, 0.1) is 18.6 Å². The first-order valence-corrected chi connectivity index (χ1v) is 11.7. The quantitative estimate of drug-likeness (QED) is 0.749. The largest absolute Gasteiger partial charge is 0.442 e. The fourth-order valence-electron chi connectivity index (χ4n) is 4.06. The molecule has 10 heteroatoms. The van der Waals surface area contributed by atoms with Crippen molar-refractivity contribution in [2.45, 2.75) is 39.5 Å². The molecule has 4 rings (SSSR count). The van der Waals surface area contributed by atoms with Gasteiger partial charge in [0.15, 0.2) is 0 Å². The van der Waals surface area contributed by atoms with E-state index < -0.39 is 15.8 Å². The maximum Gasteiger partial charge on any atom is 0.414 e. The van der Waals surface area contributed by atoms with Crippen LogP contribution in [-0.4, -0.2) is 54.6 Å². The minimum atomic E-state index is -2.48. The van der Waals surface area contributed by atoms with Gasteiger partial charge in [0.25, 0.3) is 0 Å². The Hall–Kier alpha value is -2.72. The Morgan fingerprint density at radius 2 is 2.07 bits per heavy atom. The summed E-state index contributed by atoms with van der Waals surface area (Å²) in [5, 5.41) is 16.9. The minimum Gasteiger partial charge on any atom is -0.442 e. The molecular weight excluding hydrogens is 406 g/mol. The van der Waals surface area contributed by atoms with Gasteiger partial charge in [-0.05, 0) is 54.7 Å². The van der Waals surface area contributed by atoms with Gasteiger partial charge in [-0.1, -0.05) is 11.3 Å². The summed E-state index contributed by atoms with van der Waals surface area (Å²) >= 11 is 0. The third kappa shape index (κ3) is 4.10. The molecule has 1 saturated heterocycles. The molecule has 1 aromatic heterocycles. The molecule has 2 aliphatic heterocycles. The number of ether oxygens (including phenoxy) is 1. The standard InChI is InChI=1S/C20H25N5O4S/c1-13-7-17(8-14(2)19(13)15-3-5-30(21,28)6-4-15)25-11-18(29-20(25)27)10-24-9-16(12-26)22-23-24/h3,7-9,18,21,26H,4-6,10-12H2,1-2H3. The summed E-state index contributed by atoms with van der Waals surface area (Å²) in [5.41, 5.74) is 5.55. The van der Waals surface area contributed by atoms with Gasteiger partial charge in [0.1, 0.15) is 11.8 Å². The molecule has 2 N–H and O–H groups in total. The van der Waals surface area contributed by atoms with Crippen molar-refractivity contribution >= 4 is 27.1 Å². The van der Waals surface area contributed by atoms with Crippen LogP contribution in [0.2, 0.25) is 0 Å². The number of nitrogens with one attached hydrogen (secondary N) is 1. The molecule has 30 heavy (non-hydrogen) atoms. The predicted molar refractivity (Wildman–Crippen MR) is 113 cm³/mol. The molecule has 0 saturated carbocycles. The van der Waals surface area contributed by atoms with Crippen LogP contribution in [0.3, 0.4) is 0 Å². The SMILES string of the molecule is Cc1cc(N2CC(Cn3cc(CO)nn3)OC2=O)cc(C)c1C1=CCS(=N)(=O)CC1. The fourth-order valence-corrected chi connectivity index (χ4v) is 5.25. The number of rotatable bonds is 5. The molecule has 1 aromatic carbocycles. The summed E-state index contributed by atoms with van der Waals surface area (Å²) in [6.45, 7) is 4.59. The number of aliphatic hydroxyl groups excluding tert-OH is 1. The number of anilines is 1. The van der Waals surface area contributed by atoms with E-state index in [2.05, 4.69) is 10.3 Å². The van der Waals surface area contributed by atoms with Crippen molar-refractivity contribution in [3.05, 3.63) is 46.8 Å². The minimum absolute atomic E-state index is 0.184. The van der Waals surface area contributed by atoms with E-state index in [9.17, 15) is 9.00 Å². The van der Waals surface area contributed by atoms with Crippen LogP contribution in [0.15, 0.2) is 24.4 Å². The molecule has 2 aliphatic rings. The molecule has 1 amide bonds. The highest BCUT2D eigenvalue weighted by atomic mass is 32.2. The number of amides is 1. The summed E-state index contributed by atoms with van der Waals surface area (Å²) < 4.78 is 26.8. The van der Waals surface area contributed by atoms with Crippen molar-refractivity contribution in [3.8, 4) is 0 Å². The highest BCUT2D eigenvalue weighted by Gasteiger charge is 2.33. The first-order chi connectivity index (χ1) is 14.3. The first kappa shape index (κ1) is 20.5. The number of hydrogen-bond donors (Lipinski definition) is 2. The maximum absolute atomic E-state index is 12.5. The van der Waals surface area contributed by atoms with Gasteiger partial charge < -0.3 is 9.84 Å². The number of aromatic nitrogens is 3. The lowest BCUT2D eigenvalue weighted by atomic mass is 9.93. The first-order valence-electron chi connectivity index (χ1n) is 9.78. The van der Waals surface area contributed by atoms with Crippen LogP contribution >= 0.6 is 0 Å². The third-order valence-electron chi connectivity index (χ3n) is 5.46. The van der Waals surface area contributed by atoms with E-state index in [1.807, 2.05) is 32.1 Å². The predicted octanol–water partition coefficient (Wildman–Crippen LogP) is 2.25. The van der Waals surface area contributed by atoms with Crippen LogP contribution in [0.4, 0.5) is 10.5 Å². The van der Waals surface area contributed by atoms with Crippen LogP contribution < -0.4 is 4.90 Å². The number of carbonyl (C=O) groups is 1. The number of nitrogens with zero attached hydrogens (tertiary/aromatic N) is 4. The summed E-state index contributed by atoms with van der Waals surface area (Å²) in [4.78, 5) is 14.1. The van der Waals surface area contributed by atoms with Gasteiger partial charge in [-0.15, -0.1) is 5.10 Å². The monoisotopic (exact) mass is 431 g/mol. The van der Waals surface area contributed by atoms with Gasteiger partial charge in [0.2, 0.25) is 0 Å². The van der Waals surface area contributed by atoms with E-state index in [1.165, 1.54) is 0 Å². The normalized spacial score (nSPS) is 24.1. The molecule has 3 heterocycles. The highest BCUT2D eigenvalue weighted by Crippen LogP contribution is 2.33. The molecule has 0 bridgehead atoms. The Labute approximate surface area is 175 Å². The molecule has 160 valence electrons. The van der Waals surface area contributed by atoms with Gasteiger partial charge >= 0.3 is 6.09 Å². The second kappa shape index (κ2) is 7.84. The number of aliphatic hydroxyl groups is 1. The lowest BCUT2D eigenvalue weighted by molar-refractivity contribution is 0.129. The van der Waals surface area contributed by atoms with Crippen molar-refractivity contribution in [3.63, 3.8) is 0 Å². The van der Waals surface area contributed by atoms with E-state index in [1.54, 1.807) is 15.8 Å². The number of allylic oxidation sites excluding steroid dienone is 1. The van der Waals surface area contributed by atoms with Crippen LogP contribution in [-0.2, 0) is 27.6 Å². The molecule has 2 aromatic rings. The molecular formula is C20H25N5O4S. The van der Waals surface area contributed by atoms with E-state index in [-0.39, 0.29) is 12.7 Å². The average Bonchev–Trinajstić information content (AvgIpc) is 3.28. The van der Waals surface area contributed by atoms with E-state index in [0.717, 1.165) is 28.0 Å². The van der Waals surface area contributed by atoms with Crippen molar-refractivity contribution < 1.29 is 18.8 Å². The van der Waals surface area contributed by atoms with Crippen LogP contribution in [0.5, 0.6) is 0 Å². The third-order valence-corrected chi connectivity index (χ3v) is 7.03. The molecule has 0 radical (unpaired) electrons. The van der Waals surface area contributed by atoms with Crippen molar-refractivity contribution in [1.82, 2.24) is 15.0 Å². The number of cyclic esters (lactones) is 1. The number of carbonyl (C=O) groups excluding carboxylic acids is 1. The highest BCUT2D eigenvalue weighted by molar-refractivity contribution is 7.92. The smallest absolute Gasteiger partial charge is 0.414 e. The number of aryl methyl sites for hydroxylation is 2. The zero-order valence-electron chi connectivity index (χ0n) is 17.0. The van der Waals surface area contributed by atoms with E-state index in [0.29, 0.717) is 36.7 Å². The summed E-state index contributed by atoms with van der Waals surface area (Å²) in [6.07, 6.45) is 3.42. The molecule has 1 fully saturated rings. The van der Waals surface area contributed by atoms with Gasteiger partial charge in [0.05, 0.1) is 31.6 Å². The molecule has 0 spiro atoms. The van der Waals surface area contributed by atoms with Crippen LogP contribution in [0.1, 0.15) is 28.8 Å². The summed E-state index contributed by atoms with van der Waals surface area (Å²) in [6, 6.07) is 3.94. The van der Waals surface area contributed by atoms with Gasteiger partial charge in [-0.2, -0.15) is 0 Å². The Morgan fingerprint density at radius 3 is 2.67 bits per heavy atom. The maximum atomic E-state index is 12.5. The second-order valence-corrected chi connectivity index (χ2v) is 10.2. The summed E-state index contributed by atoms with van der Waals surface area (Å²) in [5.74, 6) is 0.684. The number of hydrogen-bond acceptors (Lipinski definition) is 7. The van der Waals surface area contributed by atoms with Gasteiger partial charge in [-0.25, -0.2) is 13.7 Å². The average molecular weight is 432 g/mol. The number of benzene rings is 1. The Balaban J connectivity index is 1.53. The van der Waals surface area contributed by atoms with E-state index in [4.69, 9.17) is 14.6 Å². The zero-order valence-corrected chi connectivity index (χ0v) is 17.8. The molecule has 0 aliphatic carbocycles. The second-order valence-electron chi connectivity index (χ2n) is 7.82.